The van der Waals surface area contributed by atoms with Crippen LogP contribution in [-0.2, 0) is 9.53 Å². The molecule has 4 unspecified atom stereocenters. The molecule has 0 aromatic carbocycles. The molecule has 1 amide bonds. The molecule has 1 saturated carbocycles. The first-order chi connectivity index (χ1) is 8.95. The van der Waals surface area contributed by atoms with Crippen molar-refractivity contribution in [2.75, 3.05) is 20.2 Å². The molecule has 0 spiro atoms. The minimum absolute atomic E-state index is 0.130. The van der Waals surface area contributed by atoms with Crippen molar-refractivity contribution in [3.8, 4) is 0 Å². The van der Waals surface area contributed by atoms with Gasteiger partial charge in [0.1, 0.15) is 0 Å². The van der Waals surface area contributed by atoms with Crippen LogP contribution < -0.4 is 5.73 Å². The highest BCUT2D eigenvalue weighted by atomic mass is 16.5. The first-order valence-corrected chi connectivity index (χ1v) is 7.55. The average molecular weight is 268 g/mol. The van der Waals surface area contributed by atoms with E-state index in [1.165, 1.54) is 0 Å². The summed E-state index contributed by atoms with van der Waals surface area (Å²) in [6.45, 7) is 5.89. The quantitative estimate of drug-likeness (QED) is 0.830. The van der Waals surface area contributed by atoms with Crippen LogP contribution in [0, 0.1) is 11.8 Å². The lowest BCUT2D eigenvalue weighted by Crippen LogP contribution is -2.52. The van der Waals surface area contributed by atoms with Crippen LogP contribution in [0.3, 0.4) is 0 Å². The van der Waals surface area contributed by atoms with Gasteiger partial charge in [-0.15, -0.1) is 0 Å². The Balaban J connectivity index is 1.96. The first-order valence-electron chi connectivity index (χ1n) is 7.55. The van der Waals surface area contributed by atoms with Gasteiger partial charge in [0.05, 0.1) is 5.60 Å². The van der Waals surface area contributed by atoms with E-state index < -0.39 is 0 Å². The summed E-state index contributed by atoms with van der Waals surface area (Å²) < 4.78 is 5.57. The lowest BCUT2D eigenvalue weighted by atomic mass is 9.78. The number of nitrogens with zero attached hydrogens (tertiary/aromatic N) is 1. The van der Waals surface area contributed by atoms with Crippen molar-refractivity contribution in [2.45, 2.75) is 57.6 Å². The second kappa shape index (κ2) is 5.80. The molecule has 1 heterocycles. The van der Waals surface area contributed by atoms with Gasteiger partial charge in [0.15, 0.2) is 0 Å². The Hall–Kier alpha value is -0.610. The molecular weight excluding hydrogens is 240 g/mol. The van der Waals surface area contributed by atoms with Crippen LogP contribution in [0.15, 0.2) is 0 Å². The number of methoxy groups -OCH3 is 1. The van der Waals surface area contributed by atoms with Crippen LogP contribution in [0.4, 0.5) is 0 Å². The van der Waals surface area contributed by atoms with Crippen molar-refractivity contribution < 1.29 is 9.53 Å². The van der Waals surface area contributed by atoms with Gasteiger partial charge in [0.2, 0.25) is 5.91 Å². The molecule has 4 atom stereocenters. The Bertz CT molecular complexity index is 334. The van der Waals surface area contributed by atoms with Crippen molar-refractivity contribution in [3.05, 3.63) is 0 Å². The van der Waals surface area contributed by atoms with Crippen molar-refractivity contribution in [2.24, 2.45) is 17.6 Å². The molecule has 0 aromatic rings. The number of nitrogens with two attached hydrogens (primary N) is 1. The topological polar surface area (TPSA) is 55.6 Å². The Labute approximate surface area is 116 Å². The molecule has 0 bridgehead atoms. The molecule has 110 valence electrons. The molecular formula is C15H28N2O2. The molecule has 4 heteroatoms. The summed E-state index contributed by atoms with van der Waals surface area (Å²) in [5, 5.41) is 0. The van der Waals surface area contributed by atoms with Gasteiger partial charge in [-0.05, 0) is 44.9 Å². The van der Waals surface area contributed by atoms with Crippen LogP contribution in [-0.4, -0.2) is 42.6 Å². The predicted octanol–water partition coefficient (Wildman–Crippen LogP) is 1.78. The van der Waals surface area contributed by atoms with Crippen LogP contribution >= 0.6 is 0 Å². The Morgan fingerprint density at radius 3 is 2.79 bits per heavy atom. The minimum Gasteiger partial charge on any atom is -0.377 e. The SMILES string of the molecule is COC1(C)CCCN(C(=O)C2CCC(C)C(N)C2)C1. The smallest absolute Gasteiger partial charge is 0.225 e. The van der Waals surface area contributed by atoms with Crippen molar-refractivity contribution >= 4 is 5.91 Å². The van der Waals surface area contributed by atoms with Crippen LogP contribution in [0.5, 0.6) is 0 Å². The number of amides is 1. The van der Waals surface area contributed by atoms with E-state index in [9.17, 15) is 4.79 Å². The van der Waals surface area contributed by atoms with Crippen LogP contribution in [0.2, 0.25) is 0 Å². The number of carbonyl (C=O) groups is 1. The summed E-state index contributed by atoms with van der Waals surface area (Å²) in [7, 11) is 1.74. The molecule has 2 N–H and O–H groups in total. The van der Waals surface area contributed by atoms with E-state index in [-0.39, 0.29) is 17.6 Å². The third-order valence-corrected chi connectivity index (χ3v) is 5.07. The summed E-state index contributed by atoms with van der Waals surface area (Å²) in [6.07, 6.45) is 4.99. The van der Waals surface area contributed by atoms with Gasteiger partial charge in [-0.1, -0.05) is 6.92 Å². The van der Waals surface area contributed by atoms with E-state index in [4.69, 9.17) is 10.5 Å². The fourth-order valence-corrected chi connectivity index (χ4v) is 3.40. The van der Waals surface area contributed by atoms with Crippen LogP contribution in [0.25, 0.3) is 0 Å². The normalized spacial score (nSPS) is 40.2. The third-order valence-electron chi connectivity index (χ3n) is 5.07. The molecule has 19 heavy (non-hydrogen) atoms. The zero-order chi connectivity index (χ0) is 14.0. The van der Waals surface area contributed by atoms with Crippen LogP contribution in [0.1, 0.15) is 46.0 Å². The van der Waals surface area contributed by atoms with E-state index in [2.05, 4.69) is 13.8 Å². The average Bonchev–Trinajstić information content (AvgIpc) is 2.41. The Morgan fingerprint density at radius 2 is 2.16 bits per heavy atom. The van der Waals surface area contributed by atoms with E-state index in [1.54, 1.807) is 7.11 Å². The number of hydrogen-bond donors (Lipinski definition) is 1. The fourth-order valence-electron chi connectivity index (χ4n) is 3.40. The number of likely N-dealkylation sites (tertiary alicyclic amines) is 1. The second-order valence-electron chi connectivity index (χ2n) is 6.67. The fraction of sp³-hybridized carbons (Fsp3) is 0.933. The third kappa shape index (κ3) is 3.29. The largest absolute Gasteiger partial charge is 0.377 e. The Kier molecular flexibility index (Phi) is 4.51. The number of hydrogen-bond acceptors (Lipinski definition) is 3. The van der Waals surface area contributed by atoms with E-state index in [0.29, 0.717) is 11.8 Å². The molecule has 0 aromatic heterocycles. The maximum atomic E-state index is 12.6. The second-order valence-corrected chi connectivity index (χ2v) is 6.67. The molecule has 1 saturated heterocycles. The van der Waals surface area contributed by atoms with Crippen molar-refractivity contribution in [1.29, 1.82) is 0 Å². The predicted molar refractivity (Wildman–Crippen MR) is 75.7 cm³/mol. The zero-order valence-electron chi connectivity index (χ0n) is 12.5. The summed E-state index contributed by atoms with van der Waals surface area (Å²) in [5.41, 5.74) is 5.95. The summed E-state index contributed by atoms with van der Waals surface area (Å²) in [4.78, 5) is 14.6. The molecule has 2 rings (SSSR count). The van der Waals surface area contributed by atoms with E-state index >= 15 is 0 Å². The number of piperidine rings is 1. The zero-order valence-corrected chi connectivity index (χ0v) is 12.5. The molecule has 1 aliphatic carbocycles. The standard InChI is InChI=1S/C15H28N2O2/c1-11-5-6-12(9-13(11)16)14(18)17-8-4-7-15(2,10-17)19-3/h11-13H,4-10,16H2,1-3H3. The van der Waals surface area contributed by atoms with Gasteiger partial charge in [0, 0.05) is 32.2 Å². The maximum Gasteiger partial charge on any atom is 0.225 e. The van der Waals surface area contributed by atoms with Gasteiger partial charge in [-0.2, -0.15) is 0 Å². The highest BCUT2D eigenvalue weighted by Crippen LogP contribution is 2.31. The summed E-state index contributed by atoms with van der Waals surface area (Å²) in [5.74, 6) is 0.977. The van der Waals surface area contributed by atoms with Gasteiger partial charge in [-0.25, -0.2) is 0 Å². The van der Waals surface area contributed by atoms with Gasteiger partial charge >= 0.3 is 0 Å². The molecule has 0 radical (unpaired) electrons. The lowest BCUT2D eigenvalue weighted by molar-refractivity contribution is -0.145. The van der Waals surface area contributed by atoms with Gasteiger partial charge < -0.3 is 15.4 Å². The van der Waals surface area contributed by atoms with Crippen molar-refractivity contribution in [1.82, 2.24) is 4.90 Å². The van der Waals surface area contributed by atoms with Gasteiger partial charge in [0.25, 0.3) is 0 Å². The lowest BCUT2D eigenvalue weighted by Gasteiger charge is -2.42. The molecule has 2 aliphatic rings. The van der Waals surface area contributed by atoms with E-state index in [1.807, 2.05) is 4.90 Å². The maximum absolute atomic E-state index is 12.6. The highest BCUT2D eigenvalue weighted by molar-refractivity contribution is 5.79. The first kappa shape index (κ1) is 14.8. The monoisotopic (exact) mass is 268 g/mol. The van der Waals surface area contributed by atoms with Crippen molar-refractivity contribution in [3.63, 3.8) is 0 Å². The summed E-state index contributed by atoms with van der Waals surface area (Å²) in [6, 6.07) is 0.182. The molecule has 1 aliphatic heterocycles. The highest BCUT2D eigenvalue weighted by Gasteiger charge is 2.37. The van der Waals surface area contributed by atoms with Gasteiger partial charge in [-0.3, -0.25) is 4.79 Å². The Morgan fingerprint density at radius 1 is 1.42 bits per heavy atom. The number of ether oxygens (including phenoxy) is 1. The van der Waals surface area contributed by atoms with E-state index in [0.717, 1.165) is 45.2 Å². The molecule has 2 fully saturated rings. The number of rotatable bonds is 2. The minimum atomic E-state index is -0.169. The number of carbonyl (C=O) groups excluding carboxylic acids is 1. The molecule has 4 nitrogen and oxygen atoms in total. The summed E-state index contributed by atoms with van der Waals surface area (Å²) >= 11 is 0.